The first-order valence-corrected chi connectivity index (χ1v) is 11.9. The molecule has 9 nitrogen and oxygen atoms in total. The van der Waals surface area contributed by atoms with Crippen LogP contribution in [-0.4, -0.2) is 22.0 Å². The van der Waals surface area contributed by atoms with Crippen molar-refractivity contribution in [3.8, 4) is 11.3 Å². The summed E-state index contributed by atoms with van der Waals surface area (Å²) in [6.45, 7) is 5.74. The van der Waals surface area contributed by atoms with Crippen LogP contribution >= 0.6 is 0 Å². The minimum absolute atomic E-state index is 0.0880. The Kier molecular flexibility index (Phi) is 6.91. The molecule has 0 atom stereocenters. The van der Waals surface area contributed by atoms with E-state index in [-0.39, 0.29) is 40.0 Å². The molecule has 0 aliphatic rings. The molecular weight excluding hydrogens is 460 g/mol. The number of anilines is 2. The Balaban J connectivity index is 1.92. The summed E-state index contributed by atoms with van der Waals surface area (Å²) in [4.78, 5) is 55.7. The second-order valence-electron chi connectivity index (χ2n) is 8.48. The maximum atomic E-state index is 13.8. The summed E-state index contributed by atoms with van der Waals surface area (Å²) in [5.74, 6) is -0.302. The first-order chi connectivity index (χ1) is 17.3. The van der Waals surface area contributed by atoms with Gasteiger partial charge in [-0.05, 0) is 32.4 Å². The Morgan fingerprint density at radius 3 is 2.44 bits per heavy atom. The molecule has 0 aliphatic carbocycles. The van der Waals surface area contributed by atoms with Crippen molar-refractivity contribution in [1.82, 2.24) is 9.55 Å². The van der Waals surface area contributed by atoms with Gasteiger partial charge in [0.25, 0.3) is 11.5 Å². The monoisotopic (exact) mass is 488 g/mol. The van der Waals surface area contributed by atoms with E-state index in [1.807, 2.05) is 37.3 Å². The van der Waals surface area contributed by atoms with E-state index in [0.717, 1.165) is 6.42 Å². The maximum absolute atomic E-state index is 13.8. The second kappa shape index (κ2) is 10.1. The molecule has 3 N–H and O–H groups in total. The van der Waals surface area contributed by atoms with Crippen LogP contribution in [0.2, 0.25) is 0 Å². The van der Waals surface area contributed by atoms with Crippen molar-refractivity contribution in [2.24, 2.45) is 0 Å². The van der Waals surface area contributed by atoms with E-state index in [1.54, 1.807) is 26.0 Å². The number of nitrogens with zero attached hydrogens (tertiary/aromatic N) is 2. The normalized spacial score (nSPS) is 11.1. The number of nitrogens with two attached hydrogens (primary N) is 1. The molecule has 0 bridgehead atoms. The number of carbonyl (C=O) groups is 1. The van der Waals surface area contributed by atoms with Crippen molar-refractivity contribution < 1.29 is 9.21 Å². The zero-order valence-electron chi connectivity index (χ0n) is 20.5. The molecule has 0 saturated heterocycles. The first kappa shape index (κ1) is 24.7. The molecule has 4 rings (SSSR count). The number of carbonyl (C=O) groups excluding carboxylic acids is 1. The number of rotatable bonds is 7. The molecule has 4 aromatic rings. The van der Waals surface area contributed by atoms with Gasteiger partial charge in [-0.15, -0.1) is 0 Å². The maximum Gasteiger partial charge on any atom is 0.330 e. The van der Waals surface area contributed by atoms with E-state index < -0.39 is 17.2 Å². The number of para-hydroxylation sites is 1. The highest BCUT2D eigenvalue weighted by Gasteiger charge is 2.27. The van der Waals surface area contributed by atoms with E-state index in [1.165, 1.54) is 15.5 Å². The van der Waals surface area contributed by atoms with E-state index in [0.29, 0.717) is 29.9 Å². The summed E-state index contributed by atoms with van der Waals surface area (Å²) in [7, 11) is 0. The standard InChI is InChI=1S/C27H28N4O5/c1-4-6-15-31-24(28)20(25(33)29-27(31)35)30(5-2)26(34)19-14-10-13-18-21(32)16(3)22(36-23(18)19)17-11-8-7-9-12-17/h7-14H,4-6,15,28H2,1-3H3,(H,29,33,35). The summed E-state index contributed by atoms with van der Waals surface area (Å²) in [5, 5.41) is 0.254. The zero-order chi connectivity index (χ0) is 26.0. The number of H-pyrrole nitrogens is 1. The van der Waals surface area contributed by atoms with Crippen LogP contribution in [0.3, 0.4) is 0 Å². The minimum Gasteiger partial charge on any atom is -0.455 e. The Labute approximate surface area is 206 Å². The van der Waals surface area contributed by atoms with Crippen molar-refractivity contribution in [1.29, 1.82) is 0 Å². The van der Waals surface area contributed by atoms with Crippen molar-refractivity contribution in [3.63, 3.8) is 0 Å². The van der Waals surface area contributed by atoms with Gasteiger partial charge in [0.05, 0.1) is 10.9 Å². The number of aromatic nitrogens is 2. The summed E-state index contributed by atoms with van der Waals surface area (Å²) < 4.78 is 7.44. The van der Waals surface area contributed by atoms with Gasteiger partial charge in [-0.2, -0.15) is 0 Å². The third-order valence-corrected chi connectivity index (χ3v) is 6.19. The molecule has 2 aromatic heterocycles. The Hall–Kier alpha value is -4.40. The number of aromatic amines is 1. The van der Waals surface area contributed by atoms with Crippen molar-refractivity contribution in [2.75, 3.05) is 17.2 Å². The number of unbranched alkanes of at least 4 members (excludes halogenated alkanes) is 1. The van der Waals surface area contributed by atoms with Crippen LogP contribution in [0, 0.1) is 6.92 Å². The number of hydrogen-bond donors (Lipinski definition) is 2. The van der Waals surface area contributed by atoms with E-state index in [2.05, 4.69) is 4.98 Å². The summed E-state index contributed by atoms with van der Waals surface area (Å²) in [6.07, 6.45) is 1.49. The van der Waals surface area contributed by atoms with Crippen LogP contribution in [0.25, 0.3) is 22.3 Å². The molecule has 0 fully saturated rings. The highest BCUT2D eigenvalue weighted by molar-refractivity contribution is 6.13. The lowest BCUT2D eigenvalue weighted by atomic mass is 10.0. The van der Waals surface area contributed by atoms with Gasteiger partial charge in [0, 0.05) is 24.2 Å². The number of benzene rings is 2. The number of amides is 1. The lowest BCUT2D eigenvalue weighted by Gasteiger charge is -2.23. The highest BCUT2D eigenvalue weighted by Crippen LogP contribution is 2.29. The van der Waals surface area contributed by atoms with Gasteiger partial charge in [0.2, 0.25) is 0 Å². The molecule has 186 valence electrons. The molecule has 0 saturated carbocycles. The van der Waals surface area contributed by atoms with Gasteiger partial charge in [-0.1, -0.05) is 49.7 Å². The fraction of sp³-hybridized carbons (Fsp3) is 0.259. The van der Waals surface area contributed by atoms with Crippen LogP contribution in [0.4, 0.5) is 11.5 Å². The second-order valence-corrected chi connectivity index (χ2v) is 8.48. The van der Waals surface area contributed by atoms with Crippen LogP contribution < -0.4 is 27.3 Å². The molecule has 0 spiro atoms. The topological polar surface area (TPSA) is 131 Å². The van der Waals surface area contributed by atoms with Gasteiger partial charge in [0.1, 0.15) is 11.6 Å². The van der Waals surface area contributed by atoms with Crippen molar-refractivity contribution in [2.45, 2.75) is 40.2 Å². The highest BCUT2D eigenvalue weighted by atomic mass is 16.3. The van der Waals surface area contributed by atoms with E-state index in [4.69, 9.17) is 10.2 Å². The van der Waals surface area contributed by atoms with Gasteiger partial charge >= 0.3 is 5.69 Å². The number of nitrogens with one attached hydrogen (secondary N) is 1. The number of fused-ring (bicyclic) bond motifs is 1. The smallest absolute Gasteiger partial charge is 0.330 e. The third kappa shape index (κ3) is 4.24. The Bertz CT molecular complexity index is 1620. The molecular formula is C27H28N4O5. The minimum atomic E-state index is -0.761. The molecule has 2 aromatic carbocycles. The molecule has 9 heteroatoms. The molecule has 0 radical (unpaired) electrons. The fourth-order valence-electron chi connectivity index (χ4n) is 4.27. The van der Waals surface area contributed by atoms with E-state index in [9.17, 15) is 19.2 Å². The average Bonchev–Trinajstić information content (AvgIpc) is 2.88. The summed E-state index contributed by atoms with van der Waals surface area (Å²) in [5.41, 5.74) is 5.84. The molecule has 2 heterocycles. The van der Waals surface area contributed by atoms with Crippen LogP contribution in [0.15, 0.2) is 67.3 Å². The summed E-state index contributed by atoms with van der Waals surface area (Å²) >= 11 is 0. The van der Waals surface area contributed by atoms with Crippen LogP contribution in [-0.2, 0) is 6.54 Å². The molecule has 0 unspecified atom stereocenters. The lowest BCUT2D eigenvalue weighted by Crippen LogP contribution is -2.41. The number of hydrogen-bond acceptors (Lipinski definition) is 6. The lowest BCUT2D eigenvalue weighted by molar-refractivity contribution is 0.0988. The van der Waals surface area contributed by atoms with Gasteiger partial charge in [0.15, 0.2) is 16.7 Å². The van der Waals surface area contributed by atoms with Crippen LogP contribution in [0.1, 0.15) is 42.6 Å². The Morgan fingerprint density at radius 1 is 1.06 bits per heavy atom. The predicted octanol–water partition coefficient (Wildman–Crippen LogP) is 3.67. The quantitative estimate of drug-likeness (QED) is 0.408. The van der Waals surface area contributed by atoms with Gasteiger partial charge in [-0.25, -0.2) is 4.79 Å². The zero-order valence-corrected chi connectivity index (χ0v) is 20.5. The van der Waals surface area contributed by atoms with E-state index >= 15 is 0 Å². The summed E-state index contributed by atoms with van der Waals surface area (Å²) in [6, 6.07) is 13.9. The van der Waals surface area contributed by atoms with Crippen molar-refractivity contribution in [3.05, 3.63) is 90.7 Å². The molecule has 1 amide bonds. The van der Waals surface area contributed by atoms with Gasteiger partial charge < -0.3 is 15.1 Å². The predicted molar refractivity (Wildman–Crippen MR) is 141 cm³/mol. The third-order valence-electron chi connectivity index (χ3n) is 6.19. The first-order valence-electron chi connectivity index (χ1n) is 11.9. The van der Waals surface area contributed by atoms with Gasteiger partial charge in [-0.3, -0.25) is 23.9 Å². The molecule has 36 heavy (non-hydrogen) atoms. The SMILES string of the molecule is CCCCn1c(N)c(N(CC)C(=O)c2cccc3c(=O)c(C)c(-c4ccccc4)oc23)c(=O)[nH]c1=O. The molecule has 0 aliphatic heterocycles. The largest absolute Gasteiger partial charge is 0.455 e. The average molecular weight is 489 g/mol. The van der Waals surface area contributed by atoms with Crippen molar-refractivity contribution >= 4 is 28.4 Å². The fourth-order valence-corrected chi connectivity index (χ4v) is 4.27. The Morgan fingerprint density at radius 2 is 1.78 bits per heavy atom. The van der Waals surface area contributed by atoms with Crippen LogP contribution in [0.5, 0.6) is 0 Å². The number of nitrogen functional groups attached to an aromatic ring is 1.